The highest BCUT2D eigenvalue weighted by atomic mass is 32.1. The van der Waals surface area contributed by atoms with Gasteiger partial charge >= 0.3 is 12.1 Å². The molecule has 0 saturated carbocycles. The summed E-state index contributed by atoms with van der Waals surface area (Å²) < 4.78 is 23.2. The SMILES string of the molecule is CCC(CC(=S)c1cccc(C(=S)CC(CO[Si](C(C)C)(C(C)C)C(C)C)c2nc(C(=O)OC)co2)n1)c1nc(C)co1.O=C=O. The van der Waals surface area contributed by atoms with Crippen LogP contribution in [-0.2, 0) is 18.8 Å². The van der Waals surface area contributed by atoms with E-state index in [9.17, 15) is 4.79 Å². The van der Waals surface area contributed by atoms with Crippen molar-refractivity contribution < 1.29 is 32.4 Å². The van der Waals surface area contributed by atoms with E-state index in [1.165, 1.54) is 13.4 Å². The molecule has 0 saturated heterocycles. The van der Waals surface area contributed by atoms with Gasteiger partial charge in [0, 0.05) is 22.3 Å². The fraction of sp³-hybridized carbons (Fsp3) is 0.545. The number of nitrogens with zero attached hydrogens (tertiary/aromatic N) is 3. The third kappa shape index (κ3) is 9.89. The molecule has 3 heterocycles. The van der Waals surface area contributed by atoms with E-state index >= 15 is 0 Å². The average molecular weight is 688 g/mol. The zero-order valence-corrected chi connectivity index (χ0v) is 30.8. The molecule has 3 aromatic rings. The first kappa shape index (κ1) is 39.0. The van der Waals surface area contributed by atoms with Crippen LogP contribution in [0.2, 0.25) is 16.6 Å². The van der Waals surface area contributed by atoms with E-state index in [0.29, 0.717) is 64.1 Å². The third-order valence-electron chi connectivity index (χ3n) is 8.17. The van der Waals surface area contributed by atoms with Crippen LogP contribution in [0.1, 0.15) is 119 Å². The predicted octanol–water partition coefficient (Wildman–Crippen LogP) is 7.96. The Bertz CT molecular complexity index is 1470. The van der Waals surface area contributed by atoms with E-state index < -0.39 is 14.3 Å². The van der Waals surface area contributed by atoms with Crippen LogP contribution < -0.4 is 0 Å². The Hall–Kier alpha value is -3.22. The minimum Gasteiger partial charge on any atom is -0.464 e. The zero-order valence-electron chi connectivity index (χ0n) is 28.1. The maximum absolute atomic E-state index is 12.1. The third-order valence-corrected chi connectivity index (χ3v) is 15.0. The Kier molecular flexibility index (Phi) is 15.4. The van der Waals surface area contributed by atoms with Crippen molar-refractivity contribution in [1.29, 1.82) is 0 Å². The number of aryl methyl sites for hydroxylation is 1. The quantitative estimate of drug-likeness (QED) is 0.0626. The second-order valence-electron chi connectivity index (χ2n) is 12.1. The van der Waals surface area contributed by atoms with Crippen LogP contribution in [0.25, 0.3) is 0 Å². The smallest absolute Gasteiger partial charge is 0.373 e. The van der Waals surface area contributed by atoms with Gasteiger partial charge in [0.15, 0.2) is 19.9 Å². The Labute approximate surface area is 283 Å². The molecule has 3 aromatic heterocycles. The van der Waals surface area contributed by atoms with Gasteiger partial charge in [-0.3, -0.25) is 0 Å². The number of thiocarbonyl (C=S) groups is 2. The van der Waals surface area contributed by atoms with Crippen LogP contribution in [0.4, 0.5) is 0 Å². The first-order chi connectivity index (χ1) is 21.7. The van der Waals surface area contributed by atoms with Gasteiger partial charge in [0.1, 0.15) is 12.5 Å². The number of pyridine rings is 1. The number of esters is 1. The number of rotatable bonds is 16. The van der Waals surface area contributed by atoms with Crippen LogP contribution >= 0.6 is 24.4 Å². The second kappa shape index (κ2) is 18.2. The molecule has 0 fully saturated rings. The number of hydrogen-bond acceptors (Lipinski definition) is 12. The van der Waals surface area contributed by atoms with Crippen LogP contribution in [0, 0.1) is 6.92 Å². The lowest BCUT2D eigenvalue weighted by molar-refractivity contribution is -0.191. The molecule has 2 unspecified atom stereocenters. The van der Waals surface area contributed by atoms with Gasteiger partial charge in [-0.2, -0.15) is 9.59 Å². The standard InChI is InChI=1S/C32H45N3O5S2Si.CO2/c1-10-23(30-33-22(8)16-38-30)14-28(41)25-12-11-13-26(34-25)29(42)15-24(31-35-27(18-39-31)32(36)37-9)17-40-43(19(2)3,20(4)5)21(6)7;2-1-3/h11-13,16,18-21,23-24H,10,14-15,17H2,1-9H3;. The van der Waals surface area contributed by atoms with Crippen molar-refractivity contribution in [3.8, 4) is 0 Å². The molecule has 2 atom stereocenters. The topological polar surface area (TPSA) is 135 Å². The van der Waals surface area contributed by atoms with Crippen molar-refractivity contribution in [2.45, 2.75) is 103 Å². The van der Waals surface area contributed by atoms with Crippen molar-refractivity contribution in [2.75, 3.05) is 13.7 Å². The van der Waals surface area contributed by atoms with E-state index in [1.807, 2.05) is 25.1 Å². The molecule has 3 rings (SSSR count). The highest BCUT2D eigenvalue weighted by Gasteiger charge is 2.45. The van der Waals surface area contributed by atoms with E-state index in [0.717, 1.165) is 17.0 Å². The van der Waals surface area contributed by atoms with Gasteiger partial charge in [-0.05, 0) is 54.9 Å². The molecule has 0 bridgehead atoms. The summed E-state index contributed by atoms with van der Waals surface area (Å²) in [5.41, 5.74) is 3.55. The van der Waals surface area contributed by atoms with E-state index in [4.69, 9.17) is 57.0 Å². The lowest BCUT2D eigenvalue weighted by atomic mass is 9.98. The Morgan fingerprint density at radius 2 is 1.35 bits per heavy atom. The molecular formula is C33H45N3O7S2Si. The van der Waals surface area contributed by atoms with E-state index in [-0.39, 0.29) is 23.7 Å². The maximum atomic E-state index is 12.1. The van der Waals surface area contributed by atoms with Gasteiger partial charge in [-0.1, -0.05) is 79.0 Å². The lowest BCUT2D eigenvalue weighted by Gasteiger charge is -2.42. The molecule has 46 heavy (non-hydrogen) atoms. The zero-order chi connectivity index (χ0) is 34.6. The number of oxazole rings is 2. The summed E-state index contributed by atoms with van der Waals surface area (Å²) in [5, 5.41) is 0. The minimum absolute atomic E-state index is 0.0708. The molecule has 13 heteroatoms. The Morgan fingerprint density at radius 3 is 1.80 bits per heavy atom. The molecule has 0 aliphatic rings. The number of aromatic nitrogens is 3. The summed E-state index contributed by atoms with van der Waals surface area (Å²) >= 11 is 11.8. The van der Waals surface area contributed by atoms with Crippen LogP contribution in [-0.4, -0.2) is 58.8 Å². The summed E-state index contributed by atoms with van der Waals surface area (Å²) in [4.78, 5) is 43.6. The van der Waals surface area contributed by atoms with E-state index in [2.05, 4.69) is 58.4 Å². The van der Waals surface area contributed by atoms with Crippen molar-refractivity contribution in [3.05, 3.63) is 65.3 Å². The van der Waals surface area contributed by atoms with Crippen LogP contribution in [0.5, 0.6) is 0 Å². The van der Waals surface area contributed by atoms with Gasteiger partial charge in [0.25, 0.3) is 0 Å². The van der Waals surface area contributed by atoms with Crippen molar-refractivity contribution in [1.82, 2.24) is 15.0 Å². The highest BCUT2D eigenvalue weighted by molar-refractivity contribution is 7.81. The number of hydrogen-bond donors (Lipinski definition) is 0. The van der Waals surface area contributed by atoms with Gasteiger partial charge in [-0.25, -0.2) is 19.7 Å². The van der Waals surface area contributed by atoms with Crippen molar-refractivity contribution in [2.24, 2.45) is 0 Å². The van der Waals surface area contributed by atoms with Crippen molar-refractivity contribution in [3.63, 3.8) is 0 Å². The molecule has 0 aliphatic carbocycles. The first-order valence-corrected chi connectivity index (χ1v) is 18.3. The molecule has 10 nitrogen and oxygen atoms in total. The molecule has 0 radical (unpaired) electrons. The fourth-order valence-electron chi connectivity index (χ4n) is 6.00. The number of methoxy groups -OCH3 is 1. The number of ether oxygens (including phenoxy) is 1. The molecule has 0 amide bonds. The summed E-state index contributed by atoms with van der Waals surface area (Å²) in [5.74, 6) is 0.282. The highest BCUT2D eigenvalue weighted by Crippen LogP contribution is 2.43. The van der Waals surface area contributed by atoms with Gasteiger partial charge in [0.2, 0.25) is 5.89 Å². The molecule has 0 aliphatic heterocycles. The van der Waals surface area contributed by atoms with Gasteiger partial charge in [0.05, 0.1) is 30.1 Å². The Balaban J connectivity index is 0.00000236. The van der Waals surface area contributed by atoms with Crippen molar-refractivity contribution >= 4 is 54.6 Å². The summed E-state index contributed by atoms with van der Waals surface area (Å²) in [6, 6.07) is 5.73. The fourth-order valence-corrected chi connectivity index (χ4v) is 12.1. The normalized spacial score (nSPS) is 12.8. The molecule has 0 spiro atoms. The van der Waals surface area contributed by atoms with Crippen LogP contribution in [0.15, 0.2) is 39.6 Å². The lowest BCUT2D eigenvalue weighted by Crippen LogP contribution is -2.48. The summed E-state index contributed by atoms with van der Waals surface area (Å²) in [7, 11) is -0.877. The molecule has 250 valence electrons. The minimum atomic E-state index is -2.20. The number of carbonyl (C=O) groups excluding carboxylic acids is 3. The maximum Gasteiger partial charge on any atom is 0.373 e. The largest absolute Gasteiger partial charge is 0.464 e. The molecular weight excluding hydrogens is 643 g/mol. The predicted molar refractivity (Wildman–Crippen MR) is 184 cm³/mol. The summed E-state index contributed by atoms with van der Waals surface area (Å²) in [6.07, 6.45) is 5.09. The second-order valence-corrected chi connectivity index (χ2v) is 18.5. The summed E-state index contributed by atoms with van der Waals surface area (Å²) in [6.45, 7) is 17.9. The molecule has 0 aromatic carbocycles. The average Bonchev–Trinajstić information content (AvgIpc) is 3.68. The first-order valence-electron chi connectivity index (χ1n) is 15.4. The monoisotopic (exact) mass is 687 g/mol. The van der Waals surface area contributed by atoms with Gasteiger partial charge < -0.3 is 18.0 Å². The van der Waals surface area contributed by atoms with E-state index in [1.54, 1.807) is 6.26 Å². The van der Waals surface area contributed by atoms with Crippen LogP contribution in [0.3, 0.4) is 0 Å². The van der Waals surface area contributed by atoms with Gasteiger partial charge in [-0.15, -0.1) is 0 Å². The molecule has 0 N–H and O–H groups in total. The Morgan fingerprint density at radius 1 is 0.848 bits per heavy atom. The number of carbonyl (C=O) groups is 1.